The Kier molecular flexibility index (Phi) is 4.39. The third kappa shape index (κ3) is 3.00. The van der Waals surface area contributed by atoms with Crippen molar-refractivity contribution in [1.29, 1.82) is 0 Å². The number of carbonyl (C=O) groups is 2. The molecule has 0 radical (unpaired) electrons. The molecule has 1 fully saturated rings. The van der Waals surface area contributed by atoms with Gasteiger partial charge in [-0.1, -0.05) is 6.07 Å². The molecule has 2 aromatic carbocycles. The van der Waals surface area contributed by atoms with E-state index in [0.717, 1.165) is 0 Å². The Balaban J connectivity index is 1.68. The van der Waals surface area contributed by atoms with Gasteiger partial charge in [-0.25, -0.2) is 0 Å². The summed E-state index contributed by atoms with van der Waals surface area (Å²) in [4.78, 5) is 27.4. The zero-order valence-electron chi connectivity index (χ0n) is 16.4. The summed E-state index contributed by atoms with van der Waals surface area (Å²) in [5, 5.41) is 11.1. The van der Waals surface area contributed by atoms with Gasteiger partial charge in [0.1, 0.15) is 23.3 Å². The number of ketones is 1. The van der Waals surface area contributed by atoms with E-state index in [2.05, 4.69) is 0 Å². The van der Waals surface area contributed by atoms with Gasteiger partial charge in [0, 0.05) is 17.3 Å². The Morgan fingerprint density at radius 2 is 1.90 bits per heavy atom. The first-order chi connectivity index (χ1) is 15.1. The fourth-order valence-corrected chi connectivity index (χ4v) is 3.77. The molecule has 0 spiro atoms. The Labute approximate surface area is 176 Å². The highest BCUT2D eigenvalue weighted by Crippen LogP contribution is 2.44. The van der Waals surface area contributed by atoms with Crippen LogP contribution in [0.1, 0.15) is 17.4 Å². The highest BCUT2D eigenvalue weighted by molar-refractivity contribution is 6.51. The minimum Gasteiger partial charge on any atom is -0.507 e. The molecule has 156 valence electrons. The second kappa shape index (κ2) is 7.24. The van der Waals surface area contributed by atoms with E-state index in [0.29, 0.717) is 34.3 Å². The fourth-order valence-electron chi connectivity index (χ4n) is 3.77. The minimum atomic E-state index is -0.951. The van der Waals surface area contributed by atoms with Crippen LogP contribution in [0.25, 0.3) is 5.76 Å². The number of rotatable bonds is 4. The number of hydrogen-bond acceptors (Lipinski definition) is 7. The van der Waals surface area contributed by atoms with Crippen LogP contribution >= 0.6 is 0 Å². The van der Waals surface area contributed by atoms with E-state index < -0.39 is 17.7 Å². The van der Waals surface area contributed by atoms with Crippen molar-refractivity contribution in [2.75, 3.05) is 18.8 Å². The summed E-state index contributed by atoms with van der Waals surface area (Å²) in [6.07, 6.45) is 1.45. The molecule has 1 aromatic heterocycles. The number of fused-ring (bicyclic) bond motifs is 1. The summed E-state index contributed by atoms with van der Waals surface area (Å²) < 4.78 is 21.5. The minimum absolute atomic E-state index is 0.0756. The van der Waals surface area contributed by atoms with E-state index in [9.17, 15) is 14.7 Å². The van der Waals surface area contributed by atoms with Gasteiger partial charge in [0.2, 0.25) is 6.79 Å². The lowest BCUT2D eigenvalue weighted by molar-refractivity contribution is -0.132. The molecule has 5 rings (SSSR count). The number of aliphatic hydroxyl groups excluding tert-OH is 1. The summed E-state index contributed by atoms with van der Waals surface area (Å²) in [6.45, 7) is 0.0756. The summed E-state index contributed by atoms with van der Waals surface area (Å²) >= 11 is 0. The molecular weight excluding hydrogens is 402 g/mol. The number of benzene rings is 2. The number of methoxy groups -OCH3 is 1. The number of carbonyl (C=O) groups excluding carboxylic acids is 2. The SMILES string of the molecule is COc1cccc(N2C(=O)C(=O)/C(=C(\O)c3ccc4c(c3)OCO4)C2c2ccco2)c1. The highest BCUT2D eigenvalue weighted by Gasteiger charge is 2.48. The number of anilines is 1. The molecule has 8 heteroatoms. The third-order valence-corrected chi connectivity index (χ3v) is 5.23. The molecule has 1 N–H and O–H groups in total. The van der Waals surface area contributed by atoms with Crippen LogP contribution in [0.3, 0.4) is 0 Å². The quantitative estimate of drug-likeness (QED) is 0.392. The van der Waals surface area contributed by atoms with Gasteiger partial charge < -0.3 is 23.7 Å². The van der Waals surface area contributed by atoms with E-state index in [1.54, 1.807) is 54.6 Å². The van der Waals surface area contributed by atoms with Gasteiger partial charge in [-0.3, -0.25) is 14.5 Å². The van der Waals surface area contributed by atoms with E-state index in [-0.39, 0.29) is 18.1 Å². The van der Waals surface area contributed by atoms with Crippen LogP contribution < -0.4 is 19.1 Å². The average molecular weight is 419 g/mol. The van der Waals surface area contributed by atoms with Crippen molar-refractivity contribution >= 4 is 23.1 Å². The van der Waals surface area contributed by atoms with Crippen LogP contribution in [0.15, 0.2) is 70.9 Å². The van der Waals surface area contributed by atoms with Gasteiger partial charge in [0.05, 0.1) is 18.9 Å². The molecule has 3 heterocycles. The number of hydrogen-bond donors (Lipinski definition) is 1. The van der Waals surface area contributed by atoms with Crippen LogP contribution in [-0.2, 0) is 9.59 Å². The maximum atomic E-state index is 13.1. The highest BCUT2D eigenvalue weighted by atomic mass is 16.7. The van der Waals surface area contributed by atoms with Gasteiger partial charge in [-0.05, 0) is 42.5 Å². The molecule has 1 atom stereocenters. The Morgan fingerprint density at radius 1 is 1.06 bits per heavy atom. The van der Waals surface area contributed by atoms with Gasteiger partial charge in [-0.2, -0.15) is 0 Å². The lowest BCUT2D eigenvalue weighted by Gasteiger charge is -2.23. The monoisotopic (exact) mass is 419 g/mol. The Bertz CT molecular complexity index is 1210. The molecule has 1 unspecified atom stereocenters. The number of Topliss-reactive ketones (excluding diaryl/α,β-unsaturated/α-hetero) is 1. The predicted octanol–water partition coefficient (Wildman–Crippen LogP) is 3.64. The molecule has 1 amide bonds. The summed E-state index contributed by atoms with van der Waals surface area (Å²) in [7, 11) is 1.51. The van der Waals surface area contributed by atoms with Crippen molar-refractivity contribution in [2.45, 2.75) is 6.04 Å². The predicted molar refractivity (Wildman–Crippen MR) is 109 cm³/mol. The smallest absolute Gasteiger partial charge is 0.300 e. The van der Waals surface area contributed by atoms with Crippen molar-refractivity contribution in [3.05, 3.63) is 77.8 Å². The van der Waals surface area contributed by atoms with Crippen LogP contribution in [0.5, 0.6) is 17.2 Å². The Hall–Kier alpha value is -4.20. The number of amides is 1. The largest absolute Gasteiger partial charge is 0.507 e. The number of furan rings is 1. The summed E-state index contributed by atoms with van der Waals surface area (Å²) in [5.41, 5.74) is 0.679. The molecule has 0 saturated carbocycles. The van der Waals surface area contributed by atoms with Crippen molar-refractivity contribution in [3.63, 3.8) is 0 Å². The van der Waals surface area contributed by atoms with Crippen LogP contribution in [0, 0.1) is 0 Å². The van der Waals surface area contributed by atoms with Crippen LogP contribution in [0.4, 0.5) is 5.69 Å². The first-order valence-corrected chi connectivity index (χ1v) is 9.47. The first-order valence-electron chi connectivity index (χ1n) is 9.47. The number of nitrogens with zero attached hydrogens (tertiary/aromatic N) is 1. The molecule has 3 aromatic rings. The fraction of sp³-hybridized carbons (Fsp3) is 0.130. The van der Waals surface area contributed by atoms with Gasteiger partial charge in [-0.15, -0.1) is 0 Å². The van der Waals surface area contributed by atoms with Gasteiger partial charge in [0.15, 0.2) is 11.5 Å². The molecule has 2 aliphatic rings. The van der Waals surface area contributed by atoms with E-state index in [1.165, 1.54) is 18.3 Å². The molecule has 1 saturated heterocycles. The number of aliphatic hydroxyl groups is 1. The van der Waals surface area contributed by atoms with E-state index in [4.69, 9.17) is 18.6 Å². The number of ether oxygens (including phenoxy) is 3. The van der Waals surface area contributed by atoms with Gasteiger partial charge >= 0.3 is 0 Å². The zero-order chi connectivity index (χ0) is 21.5. The van der Waals surface area contributed by atoms with E-state index in [1.807, 2.05) is 0 Å². The summed E-state index contributed by atoms with van der Waals surface area (Å²) in [5.74, 6) is -0.0888. The third-order valence-electron chi connectivity index (χ3n) is 5.23. The van der Waals surface area contributed by atoms with E-state index >= 15 is 0 Å². The van der Waals surface area contributed by atoms with Crippen molar-refractivity contribution in [1.82, 2.24) is 0 Å². The van der Waals surface area contributed by atoms with Gasteiger partial charge in [0.25, 0.3) is 11.7 Å². The van der Waals surface area contributed by atoms with Crippen LogP contribution in [-0.4, -0.2) is 30.7 Å². The molecule has 0 bridgehead atoms. The second-order valence-electron chi connectivity index (χ2n) is 6.95. The lowest BCUT2D eigenvalue weighted by Crippen LogP contribution is -2.29. The normalized spacial score (nSPS) is 19.1. The first kappa shape index (κ1) is 18.8. The zero-order valence-corrected chi connectivity index (χ0v) is 16.4. The second-order valence-corrected chi connectivity index (χ2v) is 6.95. The van der Waals surface area contributed by atoms with Crippen molar-refractivity contribution in [2.24, 2.45) is 0 Å². The summed E-state index contributed by atoms with van der Waals surface area (Å²) in [6, 6.07) is 13.9. The van der Waals surface area contributed by atoms with Crippen molar-refractivity contribution < 1.29 is 33.3 Å². The molecule has 2 aliphatic heterocycles. The Morgan fingerprint density at radius 3 is 2.68 bits per heavy atom. The molecule has 8 nitrogen and oxygen atoms in total. The standard InChI is InChI=1S/C23H17NO7/c1-28-15-5-2-4-14(11-15)24-20(17-6-3-9-29-17)19(22(26)23(24)27)21(25)13-7-8-16-18(10-13)31-12-30-16/h2-11,20,25H,12H2,1H3/b21-19-. The van der Waals surface area contributed by atoms with Crippen molar-refractivity contribution in [3.8, 4) is 17.2 Å². The maximum Gasteiger partial charge on any atom is 0.300 e. The topological polar surface area (TPSA) is 98.4 Å². The lowest BCUT2D eigenvalue weighted by atomic mass is 9.99. The molecular formula is C23H17NO7. The maximum absolute atomic E-state index is 13.1. The van der Waals surface area contributed by atoms with Crippen LogP contribution in [0.2, 0.25) is 0 Å². The molecule has 0 aliphatic carbocycles. The average Bonchev–Trinajstić information content (AvgIpc) is 3.53. The molecule has 31 heavy (non-hydrogen) atoms.